The predicted molar refractivity (Wildman–Crippen MR) is 132 cm³/mol. The van der Waals surface area contributed by atoms with Gasteiger partial charge in [0.2, 0.25) is 0 Å². The molecule has 176 valence electrons. The molecule has 0 aliphatic heterocycles. The third-order valence-corrected chi connectivity index (χ3v) is 5.82. The van der Waals surface area contributed by atoms with Crippen LogP contribution in [0.5, 0.6) is 0 Å². The highest BCUT2D eigenvalue weighted by Crippen LogP contribution is 2.33. The molecule has 0 aliphatic carbocycles. The van der Waals surface area contributed by atoms with Crippen LogP contribution >= 0.6 is 0 Å². The lowest BCUT2D eigenvalue weighted by atomic mass is 9.95. The highest BCUT2D eigenvalue weighted by Gasteiger charge is 2.20. The second-order valence-corrected chi connectivity index (χ2v) is 8.31. The number of ether oxygens (including phenoxy) is 2. The van der Waals surface area contributed by atoms with E-state index >= 15 is 0 Å². The molecule has 0 spiro atoms. The second kappa shape index (κ2) is 11.1. The summed E-state index contributed by atoms with van der Waals surface area (Å²) in [5.74, 6) is -0.212. The Morgan fingerprint density at radius 3 is 2.59 bits per heavy atom. The maximum Gasteiger partial charge on any atom is 0.306 e. The van der Waals surface area contributed by atoms with Gasteiger partial charge >= 0.3 is 5.97 Å². The Morgan fingerprint density at radius 1 is 1.03 bits per heavy atom. The minimum atomic E-state index is -0.212. The fourth-order valence-electron chi connectivity index (χ4n) is 4.23. The van der Waals surface area contributed by atoms with E-state index in [1.807, 2.05) is 61.1 Å². The zero-order chi connectivity index (χ0) is 23.9. The first-order valence-corrected chi connectivity index (χ1v) is 11.8. The maximum atomic E-state index is 12.3. The minimum absolute atomic E-state index is 0.212. The quantitative estimate of drug-likeness (QED) is 0.295. The Morgan fingerprint density at radius 2 is 1.85 bits per heavy atom. The molecule has 6 nitrogen and oxygen atoms in total. The van der Waals surface area contributed by atoms with Gasteiger partial charge < -0.3 is 9.47 Å². The Bertz CT molecular complexity index is 1260. The Labute approximate surface area is 200 Å². The van der Waals surface area contributed by atoms with E-state index in [-0.39, 0.29) is 12.4 Å². The molecule has 0 radical (unpaired) electrons. The molecular formula is C28H31N3O3. The van der Waals surface area contributed by atoms with Gasteiger partial charge in [0.15, 0.2) is 0 Å². The largest absolute Gasteiger partial charge is 0.466 e. The number of carbonyl (C=O) groups excluding carboxylic acids is 1. The average molecular weight is 458 g/mol. The SMILES string of the molecule is CCOC(=O)CCc1c(COCc2ccccc2)nn2c(CC)ccc2c1-c1cncc(C)c1. The first-order valence-electron chi connectivity index (χ1n) is 11.8. The number of hydrogen-bond donors (Lipinski definition) is 0. The van der Waals surface area contributed by atoms with Crippen molar-refractivity contribution in [1.29, 1.82) is 0 Å². The number of pyridine rings is 1. The van der Waals surface area contributed by atoms with E-state index in [0.717, 1.165) is 51.1 Å². The van der Waals surface area contributed by atoms with Gasteiger partial charge in [0, 0.05) is 35.6 Å². The summed E-state index contributed by atoms with van der Waals surface area (Å²) in [6.45, 7) is 7.19. The minimum Gasteiger partial charge on any atom is -0.466 e. The first kappa shape index (κ1) is 23.6. The summed E-state index contributed by atoms with van der Waals surface area (Å²) in [4.78, 5) is 16.7. The molecule has 1 aromatic carbocycles. The molecule has 4 aromatic rings. The summed E-state index contributed by atoms with van der Waals surface area (Å²) in [7, 11) is 0. The van der Waals surface area contributed by atoms with Crippen LogP contribution in [0.1, 0.15) is 48.3 Å². The van der Waals surface area contributed by atoms with Gasteiger partial charge in [-0.25, -0.2) is 4.52 Å². The van der Waals surface area contributed by atoms with Crippen molar-refractivity contribution in [2.45, 2.75) is 53.2 Å². The van der Waals surface area contributed by atoms with E-state index < -0.39 is 0 Å². The first-order chi connectivity index (χ1) is 16.6. The van der Waals surface area contributed by atoms with E-state index in [2.05, 4.69) is 30.1 Å². The summed E-state index contributed by atoms with van der Waals surface area (Å²) in [6, 6.07) is 16.4. The van der Waals surface area contributed by atoms with Crippen LogP contribution in [0.25, 0.3) is 16.6 Å². The lowest BCUT2D eigenvalue weighted by Crippen LogP contribution is -2.12. The number of esters is 1. The fourth-order valence-corrected chi connectivity index (χ4v) is 4.23. The van der Waals surface area contributed by atoms with Crippen molar-refractivity contribution in [3.63, 3.8) is 0 Å². The van der Waals surface area contributed by atoms with Gasteiger partial charge in [0.05, 0.1) is 31.0 Å². The Balaban J connectivity index is 1.79. The normalized spacial score (nSPS) is 11.1. The van der Waals surface area contributed by atoms with Gasteiger partial charge in [-0.15, -0.1) is 0 Å². The Hall–Kier alpha value is -3.51. The van der Waals surface area contributed by atoms with Crippen molar-refractivity contribution < 1.29 is 14.3 Å². The van der Waals surface area contributed by atoms with Crippen LogP contribution in [-0.4, -0.2) is 27.2 Å². The van der Waals surface area contributed by atoms with Crippen LogP contribution in [0.2, 0.25) is 0 Å². The monoisotopic (exact) mass is 457 g/mol. The summed E-state index contributed by atoms with van der Waals surface area (Å²) in [5, 5.41) is 4.99. The molecule has 34 heavy (non-hydrogen) atoms. The van der Waals surface area contributed by atoms with Crippen LogP contribution in [0.3, 0.4) is 0 Å². The molecule has 0 fully saturated rings. The molecule has 3 aromatic heterocycles. The van der Waals surface area contributed by atoms with Crippen LogP contribution < -0.4 is 0 Å². The molecule has 6 heteroatoms. The summed E-state index contributed by atoms with van der Waals surface area (Å²) in [6.07, 6.45) is 5.38. The molecular weight excluding hydrogens is 426 g/mol. The molecule has 0 atom stereocenters. The van der Waals surface area contributed by atoms with E-state index in [9.17, 15) is 4.79 Å². The molecule has 0 N–H and O–H groups in total. The van der Waals surface area contributed by atoms with Crippen molar-refractivity contribution in [2.75, 3.05) is 6.61 Å². The van der Waals surface area contributed by atoms with Crippen molar-refractivity contribution in [3.05, 3.63) is 89.0 Å². The molecule has 0 amide bonds. The topological polar surface area (TPSA) is 65.7 Å². The van der Waals surface area contributed by atoms with E-state index in [0.29, 0.717) is 26.2 Å². The number of carbonyl (C=O) groups is 1. The zero-order valence-electron chi connectivity index (χ0n) is 20.1. The molecule has 0 aliphatic rings. The number of aromatic nitrogens is 3. The van der Waals surface area contributed by atoms with Crippen molar-refractivity contribution in [1.82, 2.24) is 14.6 Å². The summed E-state index contributed by atoms with van der Waals surface area (Å²) < 4.78 is 13.3. The van der Waals surface area contributed by atoms with E-state index in [4.69, 9.17) is 14.6 Å². The average Bonchev–Trinajstić information content (AvgIpc) is 3.25. The third-order valence-electron chi connectivity index (χ3n) is 5.82. The van der Waals surface area contributed by atoms with Gasteiger partial charge in [-0.1, -0.05) is 37.3 Å². The van der Waals surface area contributed by atoms with Gasteiger partial charge in [0.1, 0.15) is 0 Å². The highest BCUT2D eigenvalue weighted by molar-refractivity contribution is 5.84. The van der Waals surface area contributed by atoms with Gasteiger partial charge in [-0.05, 0) is 61.6 Å². The highest BCUT2D eigenvalue weighted by atomic mass is 16.5. The number of benzene rings is 1. The smallest absolute Gasteiger partial charge is 0.306 e. The lowest BCUT2D eigenvalue weighted by Gasteiger charge is -2.18. The molecule has 0 unspecified atom stereocenters. The number of hydrogen-bond acceptors (Lipinski definition) is 5. The molecule has 4 rings (SSSR count). The summed E-state index contributed by atoms with van der Waals surface area (Å²) >= 11 is 0. The van der Waals surface area contributed by atoms with Crippen molar-refractivity contribution >= 4 is 11.5 Å². The summed E-state index contributed by atoms with van der Waals surface area (Å²) in [5.41, 5.74) is 8.21. The maximum absolute atomic E-state index is 12.3. The number of rotatable bonds is 10. The zero-order valence-corrected chi connectivity index (χ0v) is 20.1. The fraction of sp³-hybridized carbons (Fsp3) is 0.321. The van der Waals surface area contributed by atoms with E-state index in [1.165, 1.54) is 0 Å². The second-order valence-electron chi connectivity index (χ2n) is 8.31. The van der Waals surface area contributed by atoms with Crippen molar-refractivity contribution in [3.8, 4) is 11.1 Å². The number of aryl methyl sites for hydroxylation is 2. The predicted octanol–water partition coefficient (Wildman–Crippen LogP) is 5.48. The van der Waals surface area contributed by atoms with Crippen molar-refractivity contribution in [2.24, 2.45) is 0 Å². The molecule has 0 saturated heterocycles. The third kappa shape index (κ3) is 5.34. The Kier molecular flexibility index (Phi) is 7.70. The lowest BCUT2D eigenvalue weighted by molar-refractivity contribution is -0.143. The van der Waals surface area contributed by atoms with E-state index in [1.54, 1.807) is 0 Å². The van der Waals surface area contributed by atoms with Gasteiger partial charge in [-0.2, -0.15) is 5.10 Å². The number of fused-ring (bicyclic) bond motifs is 1. The van der Waals surface area contributed by atoms with Crippen LogP contribution in [0.15, 0.2) is 60.9 Å². The molecule has 0 bridgehead atoms. The number of nitrogens with zero attached hydrogens (tertiary/aromatic N) is 3. The van der Waals surface area contributed by atoms with Crippen LogP contribution in [0, 0.1) is 6.92 Å². The standard InChI is InChI=1S/C28H31N3O3/c1-4-23-11-13-26-28(22-15-20(3)16-29-17-22)24(12-14-27(32)34-5-2)25(30-31(23)26)19-33-18-21-9-7-6-8-10-21/h6-11,13,15-17H,4-5,12,14,18-19H2,1-3H3. The van der Waals surface area contributed by atoms with Crippen LogP contribution in [-0.2, 0) is 40.3 Å². The van der Waals surface area contributed by atoms with Gasteiger partial charge in [-0.3, -0.25) is 9.78 Å². The molecule has 3 heterocycles. The van der Waals surface area contributed by atoms with Gasteiger partial charge in [0.25, 0.3) is 0 Å². The molecule has 0 saturated carbocycles. The van der Waals surface area contributed by atoms with Crippen LogP contribution in [0.4, 0.5) is 0 Å².